The monoisotopic (exact) mass is 252 g/mol. The number of halogens is 1. The Labute approximate surface area is 108 Å². The molecule has 0 heterocycles. The fourth-order valence-electron chi connectivity index (χ4n) is 2.49. The summed E-state index contributed by atoms with van der Waals surface area (Å²) in [6.07, 6.45) is 1.98. The molecule has 0 spiro atoms. The van der Waals surface area contributed by atoms with Gasteiger partial charge in [-0.05, 0) is 30.7 Å². The number of ether oxygens (including phenoxy) is 1. The summed E-state index contributed by atoms with van der Waals surface area (Å²) in [6, 6.07) is 6.61. The van der Waals surface area contributed by atoms with Gasteiger partial charge < -0.3 is 9.84 Å². The van der Waals surface area contributed by atoms with Gasteiger partial charge in [0.2, 0.25) is 0 Å². The van der Waals surface area contributed by atoms with E-state index in [1.165, 1.54) is 6.07 Å². The van der Waals surface area contributed by atoms with Crippen LogP contribution in [0.3, 0.4) is 0 Å². The Balaban J connectivity index is 1.95. The molecule has 0 saturated heterocycles. The third-order valence-corrected chi connectivity index (χ3v) is 3.71. The SMILES string of the molecule is CC1(C)CCC(O)C(OCc2ccccc2F)C1. The van der Waals surface area contributed by atoms with Crippen molar-refractivity contribution < 1.29 is 14.2 Å². The molecule has 3 heteroatoms. The molecule has 1 saturated carbocycles. The molecule has 2 nitrogen and oxygen atoms in total. The van der Waals surface area contributed by atoms with E-state index in [2.05, 4.69) is 13.8 Å². The number of benzene rings is 1. The predicted molar refractivity (Wildman–Crippen MR) is 68.6 cm³/mol. The largest absolute Gasteiger partial charge is 0.390 e. The van der Waals surface area contributed by atoms with E-state index in [1.54, 1.807) is 18.2 Å². The topological polar surface area (TPSA) is 29.5 Å². The molecule has 0 amide bonds. The van der Waals surface area contributed by atoms with Crippen LogP contribution in [-0.2, 0) is 11.3 Å². The smallest absolute Gasteiger partial charge is 0.128 e. The highest BCUT2D eigenvalue weighted by atomic mass is 19.1. The minimum Gasteiger partial charge on any atom is -0.390 e. The van der Waals surface area contributed by atoms with Crippen molar-refractivity contribution in [3.63, 3.8) is 0 Å². The summed E-state index contributed by atoms with van der Waals surface area (Å²) in [5, 5.41) is 9.93. The molecular formula is C15H21FO2. The molecule has 0 aromatic heterocycles. The van der Waals surface area contributed by atoms with E-state index in [0.717, 1.165) is 19.3 Å². The van der Waals surface area contributed by atoms with Crippen LogP contribution in [0, 0.1) is 11.2 Å². The molecule has 2 unspecified atom stereocenters. The van der Waals surface area contributed by atoms with Crippen LogP contribution < -0.4 is 0 Å². The first-order chi connectivity index (χ1) is 8.48. The lowest BCUT2D eigenvalue weighted by atomic mass is 9.75. The second kappa shape index (κ2) is 5.37. The maximum atomic E-state index is 13.5. The van der Waals surface area contributed by atoms with Gasteiger partial charge in [0, 0.05) is 5.56 Å². The molecule has 1 aromatic carbocycles. The Morgan fingerprint density at radius 2 is 2.11 bits per heavy atom. The molecule has 1 aliphatic rings. The fraction of sp³-hybridized carbons (Fsp3) is 0.600. The molecule has 2 rings (SSSR count). The van der Waals surface area contributed by atoms with Crippen molar-refractivity contribution in [3.8, 4) is 0 Å². The highest BCUT2D eigenvalue weighted by molar-refractivity contribution is 5.16. The predicted octanol–water partition coefficient (Wildman–Crippen LogP) is 3.28. The zero-order chi connectivity index (χ0) is 13.2. The van der Waals surface area contributed by atoms with Crippen LogP contribution in [0.1, 0.15) is 38.7 Å². The number of hydrogen-bond acceptors (Lipinski definition) is 2. The standard InChI is InChI=1S/C15H21FO2/c1-15(2)8-7-13(17)14(9-15)18-10-11-5-3-4-6-12(11)16/h3-6,13-14,17H,7-10H2,1-2H3. The molecule has 1 fully saturated rings. The first kappa shape index (κ1) is 13.5. The summed E-state index contributed by atoms with van der Waals surface area (Å²) in [5.41, 5.74) is 0.743. The summed E-state index contributed by atoms with van der Waals surface area (Å²) in [6.45, 7) is 4.58. The lowest BCUT2D eigenvalue weighted by molar-refractivity contribution is -0.0929. The minimum absolute atomic E-state index is 0.187. The van der Waals surface area contributed by atoms with Crippen molar-refractivity contribution >= 4 is 0 Å². The van der Waals surface area contributed by atoms with Gasteiger partial charge in [-0.1, -0.05) is 32.0 Å². The maximum absolute atomic E-state index is 13.5. The third kappa shape index (κ3) is 3.30. The normalized spacial score (nSPS) is 27.1. The summed E-state index contributed by atoms with van der Waals surface area (Å²) in [5.74, 6) is -0.248. The van der Waals surface area contributed by atoms with Crippen molar-refractivity contribution in [2.75, 3.05) is 0 Å². The highest BCUT2D eigenvalue weighted by Gasteiger charge is 2.34. The number of rotatable bonds is 3. The Morgan fingerprint density at radius 1 is 1.39 bits per heavy atom. The summed E-state index contributed by atoms with van der Waals surface area (Å²) in [4.78, 5) is 0. The van der Waals surface area contributed by atoms with E-state index in [4.69, 9.17) is 4.74 Å². The quantitative estimate of drug-likeness (QED) is 0.894. The summed E-state index contributed by atoms with van der Waals surface area (Å²) < 4.78 is 19.2. The summed E-state index contributed by atoms with van der Waals surface area (Å²) >= 11 is 0. The van der Waals surface area contributed by atoms with E-state index < -0.39 is 6.10 Å². The lowest BCUT2D eigenvalue weighted by Gasteiger charge is -2.38. The average molecular weight is 252 g/mol. The van der Waals surface area contributed by atoms with E-state index in [1.807, 2.05) is 0 Å². The zero-order valence-electron chi connectivity index (χ0n) is 11.0. The van der Waals surface area contributed by atoms with Crippen LogP contribution in [-0.4, -0.2) is 17.3 Å². The first-order valence-electron chi connectivity index (χ1n) is 6.51. The van der Waals surface area contributed by atoms with Gasteiger partial charge in [-0.15, -0.1) is 0 Å². The van der Waals surface area contributed by atoms with Crippen LogP contribution in [0.5, 0.6) is 0 Å². The van der Waals surface area contributed by atoms with Crippen molar-refractivity contribution in [3.05, 3.63) is 35.6 Å². The molecule has 1 N–H and O–H groups in total. The first-order valence-corrected chi connectivity index (χ1v) is 6.51. The lowest BCUT2D eigenvalue weighted by Crippen LogP contribution is -2.39. The van der Waals surface area contributed by atoms with E-state index in [0.29, 0.717) is 5.56 Å². The molecule has 0 bridgehead atoms. The number of aliphatic hydroxyl groups is 1. The van der Waals surface area contributed by atoms with E-state index >= 15 is 0 Å². The van der Waals surface area contributed by atoms with Gasteiger partial charge in [0.15, 0.2) is 0 Å². The highest BCUT2D eigenvalue weighted by Crippen LogP contribution is 2.37. The summed E-state index contributed by atoms with van der Waals surface area (Å²) in [7, 11) is 0. The van der Waals surface area contributed by atoms with Gasteiger partial charge in [0.1, 0.15) is 5.82 Å². The van der Waals surface area contributed by atoms with Crippen molar-refractivity contribution in [2.45, 2.75) is 51.9 Å². The second-order valence-electron chi connectivity index (χ2n) is 5.92. The van der Waals surface area contributed by atoms with Crippen LogP contribution in [0.15, 0.2) is 24.3 Å². The molecule has 18 heavy (non-hydrogen) atoms. The van der Waals surface area contributed by atoms with Gasteiger partial charge in [0.05, 0.1) is 18.8 Å². The molecule has 0 radical (unpaired) electrons. The molecule has 2 atom stereocenters. The second-order valence-corrected chi connectivity index (χ2v) is 5.92. The van der Waals surface area contributed by atoms with Crippen LogP contribution >= 0.6 is 0 Å². The van der Waals surface area contributed by atoms with Crippen molar-refractivity contribution in [2.24, 2.45) is 5.41 Å². The Kier molecular flexibility index (Phi) is 4.03. The van der Waals surface area contributed by atoms with Crippen LogP contribution in [0.25, 0.3) is 0 Å². The molecule has 100 valence electrons. The fourth-order valence-corrected chi connectivity index (χ4v) is 2.49. The third-order valence-electron chi connectivity index (χ3n) is 3.71. The van der Waals surface area contributed by atoms with Gasteiger partial charge in [-0.25, -0.2) is 4.39 Å². The Morgan fingerprint density at radius 3 is 2.83 bits per heavy atom. The van der Waals surface area contributed by atoms with E-state index in [-0.39, 0.29) is 23.9 Å². The van der Waals surface area contributed by atoms with Gasteiger partial charge in [-0.3, -0.25) is 0 Å². The Hall–Kier alpha value is -0.930. The van der Waals surface area contributed by atoms with Crippen LogP contribution in [0.4, 0.5) is 4.39 Å². The van der Waals surface area contributed by atoms with E-state index in [9.17, 15) is 9.50 Å². The number of aliphatic hydroxyl groups excluding tert-OH is 1. The van der Waals surface area contributed by atoms with Gasteiger partial charge in [-0.2, -0.15) is 0 Å². The van der Waals surface area contributed by atoms with Crippen molar-refractivity contribution in [1.29, 1.82) is 0 Å². The zero-order valence-corrected chi connectivity index (χ0v) is 11.0. The minimum atomic E-state index is -0.426. The molecule has 1 aliphatic carbocycles. The van der Waals surface area contributed by atoms with Crippen LogP contribution in [0.2, 0.25) is 0 Å². The molecule has 1 aromatic rings. The Bertz CT molecular complexity index is 403. The average Bonchev–Trinajstić information content (AvgIpc) is 2.32. The molecule has 0 aliphatic heterocycles. The van der Waals surface area contributed by atoms with Crippen molar-refractivity contribution in [1.82, 2.24) is 0 Å². The molecular weight excluding hydrogens is 231 g/mol. The maximum Gasteiger partial charge on any atom is 0.128 e. The van der Waals surface area contributed by atoms with Gasteiger partial charge in [0.25, 0.3) is 0 Å². The van der Waals surface area contributed by atoms with Gasteiger partial charge >= 0.3 is 0 Å². The number of hydrogen-bond donors (Lipinski definition) is 1.